The number of rotatable bonds is 12. The van der Waals surface area contributed by atoms with Crippen LogP contribution in [0.1, 0.15) is 40.7 Å². The summed E-state index contributed by atoms with van der Waals surface area (Å²) in [5, 5.41) is 6.29. The highest BCUT2D eigenvalue weighted by Gasteiger charge is 2.06. The molecule has 0 unspecified atom stereocenters. The number of carbonyl (C=O) groups is 1. The molecule has 1 amide bonds. The van der Waals surface area contributed by atoms with Gasteiger partial charge in [-0.2, -0.15) is 0 Å². The highest BCUT2D eigenvalue weighted by Crippen LogP contribution is 2.09. The third-order valence-corrected chi connectivity index (χ3v) is 4.60. The van der Waals surface area contributed by atoms with Gasteiger partial charge in [0.05, 0.1) is 18.5 Å². The van der Waals surface area contributed by atoms with Crippen molar-refractivity contribution in [2.24, 2.45) is 0 Å². The monoisotopic (exact) mass is 404 g/mol. The number of aromatic nitrogens is 2. The lowest BCUT2D eigenvalue weighted by Gasteiger charge is -2.08. The lowest BCUT2D eigenvalue weighted by atomic mass is 10.1. The van der Waals surface area contributed by atoms with Gasteiger partial charge in [-0.1, -0.05) is 18.2 Å². The first kappa shape index (κ1) is 21.6. The summed E-state index contributed by atoms with van der Waals surface area (Å²) in [7, 11) is 0. The summed E-state index contributed by atoms with van der Waals surface area (Å²) >= 11 is 0. The molecule has 0 spiro atoms. The van der Waals surface area contributed by atoms with E-state index < -0.39 is 0 Å². The Labute approximate surface area is 177 Å². The van der Waals surface area contributed by atoms with Crippen LogP contribution >= 0.6 is 0 Å². The number of hydrogen-bond donors (Lipinski definition) is 2. The maximum atomic E-state index is 12.2. The molecule has 0 aliphatic rings. The van der Waals surface area contributed by atoms with Crippen molar-refractivity contribution in [2.75, 3.05) is 18.5 Å². The fourth-order valence-corrected chi connectivity index (χ4v) is 2.95. The van der Waals surface area contributed by atoms with Gasteiger partial charge in [-0.05, 0) is 67.3 Å². The number of anilines is 1. The molecule has 0 fully saturated rings. The number of unbranched alkanes of at least 4 members (excludes halogenated alkanes) is 2. The zero-order valence-corrected chi connectivity index (χ0v) is 17.1. The zero-order valence-electron chi connectivity index (χ0n) is 17.1. The smallest absolute Gasteiger partial charge is 0.255 e. The van der Waals surface area contributed by atoms with Gasteiger partial charge in [-0.3, -0.25) is 14.8 Å². The third-order valence-electron chi connectivity index (χ3n) is 4.60. The second-order valence-corrected chi connectivity index (χ2v) is 7.04. The largest absolute Gasteiger partial charge is 0.377 e. The Morgan fingerprint density at radius 1 is 0.867 bits per heavy atom. The van der Waals surface area contributed by atoms with Crippen LogP contribution in [0.2, 0.25) is 0 Å². The Hall–Kier alpha value is -3.09. The van der Waals surface area contributed by atoms with Crippen LogP contribution in [0.4, 0.5) is 5.69 Å². The van der Waals surface area contributed by atoms with E-state index in [-0.39, 0.29) is 5.91 Å². The zero-order chi connectivity index (χ0) is 20.9. The fraction of sp³-hybridized carbons (Fsp3) is 0.292. The molecule has 0 saturated carbocycles. The molecule has 3 rings (SSSR count). The lowest BCUT2D eigenvalue weighted by molar-refractivity contribution is 0.102. The van der Waals surface area contributed by atoms with Crippen molar-refractivity contribution in [3.63, 3.8) is 0 Å². The van der Waals surface area contributed by atoms with E-state index in [2.05, 4.69) is 20.6 Å². The van der Waals surface area contributed by atoms with Crippen molar-refractivity contribution in [3.8, 4) is 0 Å². The molecule has 1 aromatic carbocycles. The Kier molecular flexibility index (Phi) is 8.98. The average molecular weight is 405 g/mol. The first-order valence-electron chi connectivity index (χ1n) is 10.3. The number of nitrogens with zero attached hydrogens (tertiary/aromatic N) is 2. The molecule has 0 saturated heterocycles. The molecule has 6 nitrogen and oxygen atoms in total. The quantitative estimate of drug-likeness (QED) is 0.442. The third kappa shape index (κ3) is 7.73. The summed E-state index contributed by atoms with van der Waals surface area (Å²) in [6, 6.07) is 15.2. The van der Waals surface area contributed by atoms with Crippen LogP contribution in [0.3, 0.4) is 0 Å². The minimum absolute atomic E-state index is 0.131. The van der Waals surface area contributed by atoms with E-state index in [1.54, 1.807) is 24.7 Å². The molecule has 2 N–H and O–H groups in total. The van der Waals surface area contributed by atoms with Gasteiger partial charge in [0.15, 0.2) is 0 Å². The van der Waals surface area contributed by atoms with E-state index in [0.29, 0.717) is 17.9 Å². The minimum Gasteiger partial charge on any atom is -0.377 e. The van der Waals surface area contributed by atoms with E-state index in [1.807, 2.05) is 48.7 Å². The SMILES string of the molecule is O=C(Nc1cccnc1)c1ccc(CNCCCCCOCc2cccnc2)cc1. The first-order chi connectivity index (χ1) is 14.8. The van der Waals surface area contributed by atoms with E-state index in [1.165, 1.54) is 0 Å². The number of hydrogen-bond acceptors (Lipinski definition) is 5. The summed E-state index contributed by atoms with van der Waals surface area (Å²) in [6.07, 6.45) is 10.2. The molecule has 30 heavy (non-hydrogen) atoms. The second kappa shape index (κ2) is 12.5. The molecular formula is C24H28N4O2. The molecule has 0 bridgehead atoms. The Morgan fingerprint density at radius 3 is 2.40 bits per heavy atom. The van der Waals surface area contributed by atoms with Crippen molar-refractivity contribution in [3.05, 3.63) is 90.0 Å². The van der Waals surface area contributed by atoms with Gasteiger partial charge in [0.25, 0.3) is 5.91 Å². The predicted octanol–water partition coefficient (Wildman–Crippen LogP) is 4.21. The lowest BCUT2D eigenvalue weighted by Crippen LogP contribution is -2.15. The van der Waals surface area contributed by atoms with E-state index >= 15 is 0 Å². The number of nitrogens with one attached hydrogen (secondary N) is 2. The van der Waals surface area contributed by atoms with Crippen LogP contribution in [0.25, 0.3) is 0 Å². The Morgan fingerprint density at radius 2 is 1.67 bits per heavy atom. The maximum Gasteiger partial charge on any atom is 0.255 e. The van der Waals surface area contributed by atoms with Crippen molar-refractivity contribution in [1.82, 2.24) is 15.3 Å². The minimum atomic E-state index is -0.131. The summed E-state index contributed by atoms with van der Waals surface area (Å²) in [5.41, 5.74) is 3.59. The van der Waals surface area contributed by atoms with Crippen LogP contribution in [-0.4, -0.2) is 29.0 Å². The Bertz CT molecular complexity index is 871. The summed E-state index contributed by atoms with van der Waals surface area (Å²) in [4.78, 5) is 20.3. The van der Waals surface area contributed by atoms with E-state index in [9.17, 15) is 4.79 Å². The highest BCUT2D eigenvalue weighted by molar-refractivity contribution is 6.04. The van der Waals surface area contributed by atoms with Gasteiger partial charge in [0, 0.05) is 37.3 Å². The maximum absolute atomic E-state index is 12.2. The molecule has 2 heterocycles. The van der Waals surface area contributed by atoms with Gasteiger partial charge in [-0.25, -0.2) is 0 Å². The van der Waals surface area contributed by atoms with Gasteiger partial charge >= 0.3 is 0 Å². The van der Waals surface area contributed by atoms with E-state index in [0.717, 1.165) is 50.1 Å². The molecule has 0 atom stereocenters. The molecular weight excluding hydrogens is 376 g/mol. The number of benzene rings is 1. The van der Waals surface area contributed by atoms with Crippen molar-refractivity contribution in [2.45, 2.75) is 32.4 Å². The van der Waals surface area contributed by atoms with Gasteiger partial charge in [0.2, 0.25) is 0 Å². The van der Waals surface area contributed by atoms with Crippen LogP contribution in [0.5, 0.6) is 0 Å². The summed E-state index contributed by atoms with van der Waals surface area (Å²) in [5.74, 6) is -0.131. The highest BCUT2D eigenvalue weighted by atomic mass is 16.5. The molecule has 3 aromatic rings. The average Bonchev–Trinajstić information content (AvgIpc) is 2.80. The van der Waals surface area contributed by atoms with E-state index in [4.69, 9.17) is 4.74 Å². The number of amides is 1. The van der Waals surface area contributed by atoms with Crippen LogP contribution in [0.15, 0.2) is 73.3 Å². The van der Waals surface area contributed by atoms with Crippen LogP contribution < -0.4 is 10.6 Å². The predicted molar refractivity (Wildman–Crippen MR) is 118 cm³/mol. The summed E-state index contributed by atoms with van der Waals surface area (Å²) in [6.45, 7) is 3.16. The molecule has 0 aliphatic heterocycles. The van der Waals surface area contributed by atoms with Crippen molar-refractivity contribution in [1.29, 1.82) is 0 Å². The summed E-state index contributed by atoms with van der Waals surface area (Å²) < 4.78 is 5.67. The second-order valence-electron chi connectivity index (χ2n) is 7.04. The Balaban J connectivity index is 1.24. The van der Waals surface area contributed by atoms with Crippen LogP contribution in [0, 0.1) is 0 Å². The van der Waals surface area contributed by atoms with Crippen LogP contribution in [-0.2, 0) is 17.9 Å². The van der Waals surface area contributed by atoms with Crippen molar-refractivity contribution < 1.29 is 9.53 Å². The van der Waals surface area contributed by atoms with Gasteiger partial charge < -0.3 is 15.4 Å². The molecule has 156 valence electrons. The molecule has 0 aliphatic carbocycles. The molecule has 2 aromatic heterocycles. The number of ether oxygens (including phenoxy) is 1. The topological polar surface area (TPSA) is 76.1 Å². The molecule has 6 heteroatoms. The normalized spacial score (nSPS) is 10.7. The van der Waals surface area contributed by atoms with Crippen molar-refractivity contribution >= 4 is 11.6 Å². The molecule has 0 radical (unpaired) electrons. The number of carbonyl (C=O) groups excluding carboxylic acids is 1. The van der Waals surface area contributed by atoms with Gasteiger partial charge in [0.1, 0.15) is 0 Å². The standard InChI is InChI=1S/C24H28N4O2/c29-24(28-23-7-5-14-27-18-23)22-10-8-20(9-11-22)16-25-12-2-1-3-15-30-19-21-6-4-13-26-17-21/h4-11,13-14,17-18,25H,1-3,12,15-16,19H2,(H,28,29). The number of pyridine rings is 2. The fourth-order valence-electron chi connectivity index (χ4n) is 2.95. The first-order valence-corrected chi connectivity index (χ1v) is 10.3. The van der Waals surface area contributed by atoms with Gasteiger partial charge in [-0.15, -0.1) is 0 Å².